The molecule has 4 atom stereocenters. The normalized spacial score (nSPS) is 25.5. The Labute approximate surface area is 197 Å². The summed E-state index contributed by atoms with van der Waals surface area (Å²) in [5.41, 5.74) is 2.99. The van der Waals surface area contributed by atoms with Crippen LogP contribution in [0.15, 0.2) is 42.5 Å². The highest BCUT2D eigenvalue weighted by molar-refractivity contribution is 5.71. The molecule has 33 heavy (non-hydrogen) atoms. The molecular formula is C28H36O5. The lowest BCUT2D eigenvalue weighted by atomic mass is 9.71. The Hall–Kier alpha value is -2.53. The molecule has 2 aromatic carbocycles. The highest BCUT2D eigenvalue weighted by Gasteiger charge is 2.51. The molecule has 0 aliphatic carbocycles. The number of aliphatic carboxylic acids is 1. The van der Waals surface area contributed by atoms with Crippen LogP contribution in [-0.2, 0) is 22.4 Å². The van der Waals surface area contributed by atoms with Crippen LogP contribution < -0.4 is 9.47 Å². The van der Waals surface area contributed by atoms with Gasteiger partial charge >= 0.3 is 5.97 Å². The molecule has 5 heteroatoms. The van der Waals surface area contributed by atoms with Crippen LogP contribution in [0.4, 0.5) is 0 Å². The van der Waals surface area contributed by atoms with Gasteiger partial charge in [0.05, 0.1) is 25.2 Å². The molecule has 1 fully saturated rings. The van der Waals surface area contributed by atoms with Gasteiger partial charge in [0, 0.05) is 11.5 Å². The van der Waals surface area contributed by atoms with E-state index in [4.69, 9.17) is 14.2 Å². The van der Waals surface area contributed by atoms with Crippen LogP contribution in [0.25, 0.3) is 0 Å². The van der Waals surface area contributed by atoms with Gasteiger partial charge < -0.3 is 19.3 Å². The Bertz CT molecular complexity index is 982. The molecule has 0 radical (unpaired) electrons. The lowest BCUT2D eigenvalue weighted by Gasteiger charge is -2.50. The highest BCUT2D eigenvalue weighted by Crippen LogP contribution is 2.52. The summed E-state index contributed by atoms with van der Waals surface area (Å²) in [5.74, 6) is 0.320. The molecule has 2 aliphatic heterocycles. The number of benzene rings is 2. The predicted octanol–water partition coefficient (Wildman–Crippen LogP) is 5.99. The quantitative estimate of drug-likeness (QED) is 0.533. The molecule has 0 saturated carbocycles. The van der Waals surface area contributed by atoms with Crippen molar-refractivity contribution in [2.24, 2.45) is 11.8 Å². The average molecular weight is 453 g/mol. The van der Waals surface area contributed by atoms with E-state index in [0.29, 0.717) is 12.8 Å². The Morgan fingerprint density at radius 1 is 1.15 bits per heavy atom. The highest BCUT2D eigenvalue weighted by atomic mass is 16.5. The van der Waals surface area contributed by atoms with Crippen LogP contribution in [-0.4, -0.2) is 29.9 Å². The molecule has 0 amide bonds. The Kier molecular flexibility index (Phi) is 6.99. The first-order valence-electron chi connectivity index (χ1n) is 12.2. The zero-order valence-electron chi connectivity index (χ0n) is 20.2. The number of carboxylic acid groups (broad SMARTS) is 1. The summed E-state index contributed by atoms with van der Waals surface area (Å²) in [6.07, 6.45) is 4.76. The fourth-order valence-corrected chi connectivity index (χ4v) is 5.34. The third-order valence-electron chi connectivity index (χ3n) is 7.28. The molecule has 178 valence electrons. The van der Waals surface area contributed by atoms with Gasteiger partial charge in [-0.15, -0.1) is 0 Å². The number of hydrogen-bond donors (Lipinski definition) is 1. The van der Waals surface area contributed by atoms with Crippen molar-refractivity contribution in [1.82, 2.24) is 0 Å². The Morgan fingerprint density at radius 3 is 2.67 bits per heavy atom. The van der Waals surface area contributed by atoms with Gasteiger partial charge in [0.2, 0.25) is 0 Å². The first-order chi connectivity index (χ1) is 15.8. The van der Waals surface area contributed by atoms with Crippen LogP contribution in [0.5, 0.6) is 11.5 Å². The van der Waals surface area contributed by atoms with Gasteiger partial charge in [-0.2, -0.15) is 0 Å². The van der Waals surface area contributed by atoms with E-state index in [9.17, 15) is 9.90 Å². The van der Waals surface area contributed by atoms with Crippen LogP contribution in [0, 0.1) is 11.8 Å². The summed E-state index contributed by atoms with van der Waals surface area (Å²) < 4.78 is 18.4. The van der Waals surface area contributed by atoms with E-state index in [1.54, 1.807) is 7.11 Å². The summed E-state index contributed by atoms with van der Waals surface area (Å²) in [5, 5.41) is 10.0. The average Bonchev–Trinajstić information content (AvgIpc) is 2.81. The van der Waals surface area contributed by atoms with Gasteiger partial charge in [-0.1, -0.05) is 31.5 Å². The van der Waals surface area contributed by atoms with E-state index in [0.717, 1.165) is 48.3 Å². The molecule has 0 bridgehead atoms. The van der Waals surface area contributed by atoms with E-state index in [-0.39, 0.29) is 18.1 Å². The first kappa shape index (κ1) is 23.6. The van der Waals surface area contributed by atoms with E-state index in [1.807, 2.05) is 18.2 Å². The number of rotatable bonds is 8. The fourth-order valence-electron chi connectivity index (χ4n) is 5.34. The third-order valence-corrected chi connectivity index (χ3v) is 7.28. The minimum absolute atomic E-state index is 0.0133. The third kappa shape index (κ3) is 5.03. The maximum absolute atomic E-state index is 12.2. The SMILES string of the molecule is CCCCc1ccc2c(c1)[C@H]1O[C@@H](CCc3cccc(OC)c3)[C@@H](C(=O)O)C[C@@H]1C(C)(C)O2. The number of unbranched alkanes of at least 4 members (excludes halogenated alkanes) is 1. The number of hydrogen-bond acceptors (Lipinski definition) is 4. The van der Waals surface area contributed by atoms with Gasteiger partial charge in [-0.05, 0) is 81.3 Å². The second kappa shape index (κ2) is 9.76. The Morgan fingerprint density at radius 2 is 1.94 bits per heavy atom. The number of fused-ring (bicyclic) bond motifs is 3. The molecule has 0 spiro atoms. The molecule has 2 heterocycles. The van der Waals surface area contributed by atoms with Crippen molar-refractivity contribution in [3.05, 3.63) is 59.2 Å². The van der Waals surface area contributed by atoms with Crippen LogP contribution in [0.3, 0.4) is 0 Å². The first-order valence-corrected chi connectivity index (χ1v) is 12.2. The Balaban J connectivity index is 1.60. The molecule has 2 aliphatic rings. The second-order valence-corrected chi connectivity index (χ2v) is 9.95. The van der Waals surface area contributed by atoms with Crippen LogP contribution >= 0.6 is 0 Å². The monoisotopic (exact) mass is 452 g/mol. The largest absolute Gasteiger partial charge is 0.497 e. The van der Waals surface area contributed by atoms with Gasteiger partial charge in [-0.25, -0.2) is 0 Å². The summed E-state index contributed by atoms with van der Waals surface area (Å²) in [7, 11) is 1.66. The summed E-state index contributed by atoms with van der Waals surface area (Å²) in [6.45, 7) is 6.30. The fraction of sp³-hybridized carbons (Fsp3) is 0.536. The summed E-state index contributed by atoms with van der Waals surface area (Å²) in [4.78, 5) is 12.2. The van der Waals surface area contributed by atoms with Crippen molar-refractivity contribution >= 4 is 5.97 Å². The molecule has 4 rings (SSSR count). The maximum Gasteiger partial charge on any atom is 0.309 e. The van der Waals surface area contributed by atoms with Gasteiger partial charge in [0.1, 0.15) is 17.1 Å². The molecule has 1 saturated heterocycles. The van der Waals surface area contributed by atoms with Crippen molar-refractivity contribution in [3.63, 3.8) is 0 Å². The number of ether oxygens (including phenoxy) is 3. The number of carboxylic acids is 1. The molecule has 0 unspecified atom stereocenters. The van der Waals surface area contributed by atoms with Crippen molar-refractivity contribution < 1.29 is 24.1 Å². The standard InChI is InChI=1S/C28H36O5/c1-5-6-8-19-12-14-25-21(16-19)26-23(28(2,3)33-25)17-22(27(29)30)24(32-26)13-11-18-9-7-10-20(15-18)31-4/h7,9-10,12,14-16,22-24,26H,5-6,8,11,13,17H2,1-4H3,(H,29,30)/t22-,23-,24-,26+/m0/s1. The maximum atomic E-state index is 12.2. The van der Waals surface area contributed by atoms with Gasteiger partial charge in [0.15, 0.2) is 0 Å². The zero-order chi connectivity index (χ0) is 23.6. The van der Waals surface area contributed by atoms with Crippen molar-refractivity contribution in [3.8, 4) is 11.5 Å². The molecule has 2 aromatic rings. The van der Waals surface area contributed by atoms with E-state index in [2.05, 4.69) is 45.0 Å². The van der Waals surface area contributed by atoms with Crippen molar-refractivity contribution in [2.75, 3.05) is 7.11 Å². The molecular weight excluding hydrogens is 416 g/mol. The topological polar surface area (TPSA) is 65.0 Å². The summed E-state index contributed by atoms with van der Waals surface area (Å²) >= 11 is 0. The van der Waals surface area contributed by atoms with Crippen molar-refractivity contribution in [2.45, 2.75) is 77.1 Å². The molecule has 0 aromatic heterocycles. The minimum Gasteiger partial charge on any atom is -0.497 e. The van der Waals surface area contributed by atoms with E-state index in [1.165, 1.54) is 5.56 Å². The van der Waals surface area contributed by atoms with E-state index < -0.39 is 17.5 Å². The number of carbonyl (C=O) groups is 1. The molecule has 5 nitrogen and oxygen atoms in total. The smallest absolute Gasteiger partial charge is 0.309 e. The van der Waals surface area contributed by atoms with Crippen LogP contribution in [0.1, 0.15) is 69.2 Å². The van der Waals surface area contributed by atoms with Crippen molar-refractivity contribution in [1.29, 1.82) is 0 Å². The predicted molar refractivity (Wildman–Crippen MR) is 128 cm³/mol. The number of aryl methyl sites for hydroxylation is 2. The summed E-state index contributed by atoms with van der Waals surface area (Å²) in [6, 6.07) is 14.4. The van der Waals surface area contributed by atoms with Crippen LogP contribution in [0.2, 0.25) is 0 Å². The number of methoxy groups -OCH3 is 1. The lowest BCUT2D eigenvalue weighted by molar-refractivity contribution is -0.188. The zero-order valence-corrected chi connectivity index (χ0v) is 20.2. The molecule has 1 N–H and O–H groups in total. The second-order valence-electron chi connectivity index (χ2n) is 9.95. The van der Waals surface area contributed by atoms with Gasteiger partial charge in [-0.3, -0.25) is 4.79 Å². The van der Waals surface area contributed by atoms with E-state index >= 15 is 0 Å². The van der Waals surface area contributed by atoms with Gasteiger partial charge in [0.25, 0.3) is 0 Å². The minimum atomic E-state index is -0.789. The lowest BCUT2D eigenvalue weighted by Crippen LogP contribution is -2.52.